The molecule has 0 aliphatic heterocycles. The second kappa shape index (κ2) is 8.34. The molecule has 0 aliphatic rings. The van der Waals surface area contributed by atoms with Crippen molar-refractivity contribution in [2.24, 2.45) is 0 Å². The van der Waals surface area contributed by atoms with Gasteiger partial charge in [-0.1, -0.05) is 30.3 Å². The second-order valence-corrected chi connectivity index (χ2v) is 5.70. The first-order valence-electron chi connectivity index (χ1n) is 7.84. The van der Waals surface area contributed by atoms with Gasteiger partial charge in [0.15, 0.2) is 0 Å². The molecule has 0 fully saturated rings. The first-order chi connectivity index (χ1) is 11.1. The number of carbonyl (C=O) groups is 1. The molecule has 2 rings (SSSR count). The number of hydrogen-bond acceptors (Lipinski definition) is 3. The first kappa shape index (κ1) is 17.0. The highest BCUT2D eigenvalue weighted by atomic mass is 16.5. The minimum absolute atomic E-state index is 0.0379. The minimum atomic E-state index is 0.0379. The van der Waals surface area contributed by atoms with E-state index in [1.165, 1.54) is 0 Å². The maximum Gasteiger partial charge on any atom is 0.240 e. The summed E-state index contributed by atoms with van der Waals surface area (Å²) in [5.74, 6) is 0.902. The van der Waals surface area contributed by atoms with Crippen molar-refractivity contribution in [1.82, 2.24) is 5.32 Å². The molecule has 0 saturated heterocycles. The molecule has 0 saturated carbocycles. The van der Waals surface area contributed by atoms with E-state index in [-0.39, 0.29) is 12.0 Å². The molecular formula is C19H24N2O2. The molecule has 0 aromatic heterocycles. The number of likely N-dealkylation sites (N-methyl/N-ethyl adjacent to an activating group) is 1. The molecule has 0 bridgehead atoms. The van der Waals surface area contributed by atoms with E-state index < -0.39 is 0 Å². The molecule has 0 heterocycles. The molecule has 0 aliphatic carbocycles. The molecular weight excluding hydrogens is 288 g/mol. The molecule has 1 amide bonds. The number of amides is 1. The predicted molar refractivity (Wildman–Crippen MR) is 93.8 cm³/mol. The molecule has 0 radical (unpaired) electrons. The van der Waals surface area contributed by atoms with Crippen molar-refractivity contribution in [3.63, 3.8) is 0 Å². The smallest absolute Gasteiger partial charge is 0.240 e. The van der Waals surface area contributed by atoms with Gasteiger partial charge in [-0.25, -0.2) is 0 Å². The van der Waals surface area contributed by atoms with Crippen molar-refractivity contribution in [1.29, 1.82) is 0 Å². The van der Waals surface area contributed by atoms with Crippen molar-refractivity contribution in [3.8, 4) is 5.75 Å². The van der Waals surface area contributed by atoms with Gasteiger partial charge in [-0.3, -0.25) is 4.79 Å². The lowest BCUT2D eigenvalue weighted by Crippen LogP contribution is -2.35. The van der Waals surface area contributed by atoms with E-state index in [0.29, 0.717) is 13.1 Å². The summed E-state index contributed by atoms with van der Waals surface area (Å²) in [5.41, 5.74) is 2.02. The molecule has 0 unspecified atom stereocenters. The summed E-state index contributed by atoms with van der Waals surface area (Å²) >= 11 is 0. The summed E-state index contributed by atoms with van der Waals surface area (Å²) in [4.78, 5) is 13.8. The van der Waals surface area contributed by atoms with E-state index in [0.717, 1.165) is 17.0 Å². The van der Waals surface area contributed by atoms with Crippen LogP contribution in [0, 0.1) is 0 Å². The SMILES string of the molecule is CC(C)Oc1ccc(CNCC(=O)N(C)c2ccccc2)cc1. The molecule has 0 atom stereocenters. The van der Waals surface area contributed by atoms with Gasteiger partial charge in [0.25, 0.3) is 0 Å². The van der Waals surface area contributed by atoms with E-state index in [9.17, 15) is 4.79 Å². The zero-order valence-electron chi connectivity index (χ0n) is 14.0. The summed E-state index contributed by atoms with van der Waals surface area (Å²) in [6.07, 6.45) is 0.171. The van der Waals surface area contributed by atoms with Crippen LogP contribution < -0.4 is 15.0 Å². The van der Waals surface area contributed by atoms with Crippen molar-refractivity contribution in [2.45, 2.75) is 26.5 Å². The Balaban J connectivity index is 1.79. The third-order valence-electron chi connectivity index (χ3n) is 3.42. The Morgan fingerprint density at radius 3 is 2.35 bits per heavy atom. The zero-order chi connectivity index (χ0) is 16.7. The lowest BCUT2D eigenvalue weighted by Gasteiger charge is -2.17. The monoisotopic (exact) mass is 312 g/mol. The van der Waals surface area contributed by atoms with Crippen LogP contribution in [0.4, 0.5) is 5.69 Å². The average molecular weight is 312 g/mol. The molecule has 23 heavy (non-hydrogen) atoms. The summed E-state index contributed by atoms with van der Waals surface area (Å²) in [6, 6.07) is 17.6. The molecule has 2 aromatic rings. The van der Waals surface area contributed by atoms with Crippen molar-refractivity contribution in [3.05, 3.63) is 60.2 Å². The largest absolute Gasteiger partial charge is 0.491 e. The number of rotatable bonds is 7. The van der Waals surface area contributed by atoms with E-state index in [2.05, 4.69) is 5.32 Å². The molecule has 4 heteroatoms. The normalized spacial score (nSPS) is 10.6. The van der Waals surface area contributed by atoms with Crippen LogP contribution in [0.2, 0.25) is 0 Å². The van der Waals surface area contributed by atoms with Gasteiger partial charge in [-0.2, -0.15) is 0 Å². The molecule has 4 nitrogen and oxygen atoms in total. The van der Waals surface area contributed by atoms with Crippen LogP contribution in [0.3, 0.4) is 0 Å². The summed E-state index contributed by atoms with van der Waals surface area (Å²) in [6.45, 7) is 4.96. The number of ether oxygens (including phenoxy) is 1. The maximum atomic E-state index is 12.2. The first-order valence-corrected chi connectivity index (χ1v) is 7.84. The highest BCUT2D eigenvalue weighted by Crippen LogP contribution is 2.14. The van der Waals surface area contributed by atoms with Gasteiger partial charge in [-0.15, -0.1) is 0 Å². The fourth-order valence-electron chi connectivity index (χ4n) is 2.19. The predicted octanol–water partition coefficient (Wildman–Crippen LogP) is 3.23. The van der Waals surface area contributed by atoms with Gasteiger partial charge < -0.3 is 15.0 Å². The fraction of sp³-hybridized carbons (Fsp3) is 0.316. The average Bonchev–Trinajstić information content (AvgIpc) is 2.56. The molecule has 2 aromatic carbocycles. The van der Waals surface area contributed by atoms with Gasteiger partial charge in [0.2, 0.25) is 5.91 Å². The van der Waals surface area contributed by atoms with Crippen LogP contribution in [0.1, 0.15) is 19.4 Å². The number of hydrogen-bond donors (Lipinski definition) is 1. The number of anilines is 1. The lowest BCUT2D eigenvalue weighted by atomic mass is 10.2. The van der Waals surface area contributed by atoms with Crippen LogP contribution >= 0.6 is 0 Å². The lowest BCUT2D eigenvalue weighted by molar-refractivity contribution is -0.117. The zero-order valence-corrected chi connectivity index (χ0v) is 14.0. The van der Waals surface area contributed by atoms with Crippen molar-refractivity contribution < 1.29 is 9.53 Å². The van der Waals surface area contributed by atoms with Crippen LogP contribution in [0.15, 0.2) is 54.6 Å². The van der Waals surface area contributed by atoms with E-state index in [1.807, 2.05) is 68.4 Å². The van der Waals surface area contributed by atoms with Gasteiger partial charge in [0, 0.05) is 19.3 Å². The van der Waals surface area contributed by atoms with E-state index in [4.69, 9.17) is 4.74 Å². The number of nitrogens with one attached hydrogen (secondary N) is 1. The Morgan fingerprint density at radius 1 is 1.09 bits per heavy atom. The standard InChI is InChI=1S/C19H24N2O2/c1-15(2)23-18-11-9-16(10-12-18)13-20-14-19(22)21(3)17-7-5-4-6-8-17/h4-12,15,20H,13-14H2,1-3H3. The minimum Gasteiger partial charge on any atom is -0.491 e. The molecule has 122 valence electrons. The number of benzene rings is 2. The van der Waals surface area contributed by atoms with Crippen molar-refractivity contribution >= 4 is 11.6 Å². The van der Waals surface area contributed by atoms with Crippen LogP contribution in [0.25, 0.3) is 0 Å². The Bertz CT molecular complexity index is 609. The Labute approximate surface area is 138 Å². The Kier molecular flexibility index (Phi) is 6.18. The van der Waals surface area contributed by atoms with E-state index >= 15 is 0 Å². The van der Waals surface area contributed by atoms with E-state index in [1.54, 1.807) is 11.9 Å². The van der Waals surface area contributed by atoms with Gasteiger partial charge in [0.1, 0.15) is 5.75 Å². The van der Waals surface area contributed by atoms with Crippen LogP contribution in [0.5, 0.6) is 5.75 Å². The summed E-state index contributed by atoms with van der Waals surface area (Å²) < 4.78 is 5.61. The topological polar surface area (TPSA) is 41.6 Å². The van der Waals surface area contributed by atoms with Gasteiger partial charge >= 0.3 is 0 Å². The highest BCUT2D eigenvalue weighted by Gasteiger charge is 2.09. The Morgan fingerprint density at radius 2 is 1.74 bits per heavy atom. The molecule has 1 N–H and O–H groups in total. The van der Waals surface area contributed by atoms with Crippen molar-refractivity contribution in [2.75, 3.05) is 18.5 Å². The number of carbonyl (C=O) groups excluding carboxylic acids is 1. The fourth-order valence-corrected chi connectivity index (χ4v) is 2.19. The van der Waals surface area contributed by atoms with Crippen LogP contribution in [-0.4, -0.2) is 25.6 Å². The van der Waals surface area contributed by atoms with Gasteiger partial charge in [0.05, 0.1) is 12.6 Å². The summed E-state index contributed by atoms with van der Waals surface area (Å²) in [5, 5.41) is 3.18. The summed E-state index contributed by atoms with van der Waals surface area (Å²) in [7, 11) is 1.79. The Hall–Kier alpha value is -2.33. The quantitative estimate of drug-likeness (QED) is 0.853. The number of para-hydroxylation sites is 1. The second-order valence-electron chi connectivity index (χ2n) is 5.70. The van der Waals surface area contributed by atoms with Gasteiger partial charge in [-0.05, 0) is 43.7 Å². The maximum absolute atomic E-state index is 12.2. The third-order valence-corrected chi connectivity index (χ3v) is 3.42. The number of nitrogens with zero attached hydrogens (tertiary/aromatic N) is 1. The third kappa shape index (κ3) is 5.42. The molecule has 0 spiro atoms. The highest BCUT2D eigenvalue weighted by molar-refractivity contribution is 5.94. The van der Waals surface area contributed by atoms with Crippen LogP contribution in [-0.2, 0) is 11.3 Å².